The van der Waals surface area contributed by atoms with Gasteiger partial charge in [-0.25, -0.2) is 9.59 Å². The number of anilines is 1. The number of hydrogen-bond donors (Lipinski definition) is 3. The fourth-order valence-electron chi connectivity index (χ4n) is 4.56. The number of benzene rings is 4. The van der Waals surface area contributed by atoms with E-state index in [1.54, 1.807) is 18.2 Å². The van der Waals surface area contributed by atoms with Crippen LogP contribution in [0.3, 0.4) is 0 Å². The zero-order chi connectivity index (χ0) is 26.6. The lowest BCUT2D eigenvalue weighted by atomic mass is 9.96. The van der Waals surface area contributed by atoms with Crippen molar-refractivity contribution in [2.75, 3.05) is 5.32 Å². The number of nitrogens with zero attached hydrogens (tertiary/aromatic N) is 1. The summed E-state index contributed by atoms with van der Waals surface area (Å²) in [6.45, 7) is 0.548. The summed E-state index contributed by atoms with van der Waals surface area (Å²) < 4.78 is 1.25. The molecule has 0 aliphatic rings. The summed E-state index contributed by atoms with van der Waals surface area (Å²) in [6.07, 6.45) is 0. The van der Waals surface area contributed by atoms with E-state index < -0.39 is 17.5 Å². The average Bonchev–Trinajstić information content (AvgIpc) is 2.94. The molecule has 7 heteroatoms. The van der Waals surface area contributed by atoms with E-state index in [0.717, 1.165) is 11.3 Å². The molecule has 1 heterocycles. The first-order chi connectivity index (χ1) is 18.4. The van der Waals surface area contributed by atoms with E-state index >= 15 is 0 Å². The van der Waals surface area contributed by atoms with Crippen LogP contribution in [0.2, 0.25) is 0 Å². The average molecular weight is 505 g/mol. The van der Waals surface area contributed by atoms with E-state index in [9.17, 15) is 24.6 Å². The van der Waals surface area contributed by atoms with Gasteiger partial charge in [0, 0.05) is 23.2 Å². The number of nitrogens with one attached hydrogen (secondary N) is 1. The number of fused-ring (bicyclic) bond motifs is 1. The van der Waals surface area contributed by atoms with Crippen molar-refractivity contribution < 1.29 is 19.8 Å². The molecule has 1 aromatic heterocycles. The molecule has 188 valence electrons. The molecular formula is C31H24N2O5. The van der Waals surface area contributed by atoms with Crippen molar-refractivity contribution >= 4 is 28.4 Å². The van der Waals surface area contributed by atoms with Crippen molar-refractivity contribution in [3.05, 3.63) is 136 Å². The normalized spacial score (nSPS) is 10.8. The van der Waals surface area contributed by atoms with Crippen LogP contribution in [-0.4, -0.2) is 26.7 Å². The highest BCUT2D eigenvalue weighted by Crippen LogP contribution is 2.33. The molecule has 0 atom stereocenters. The van der Waals surface area contributed by atoms with Crippen LogP contribution in [0, 0.1) is 0 Å². The number of carboxylic acids is 2. The number of aromatic carboxylic acids is 2. The molecule has 0 saturated heterocycles. The van der Waals surface area contributed by atoms with Gasteiger partial charge in [0.25, 0.3) is 5.56 Å². The van der Waals surface area contributed by atoms with Gasteiger partial charge in [0.15, 0.2) is 0 Å². The number of hydrogen-bond acceptors (Lipinski definition) is 4. The molecule has 7 nitrogen and oxygen atoms in total. The Labute approximate surface area is 218 Å². The standard InChI is InChI=1S/C31H24N2O5/c34-29-25-16-15-24(32-18-20-7-3-1-4-8-20)17-26(25)27(22-9-5-2-6-10-22)28(31(37)38)33(29)19-21-11-13-23(14-12-21)30(35)36/h1-17,32H,18-19H2,(H,35,36)(H,37,38). The molecule has 38 heavy (non-hydrogen) atoms. The minimum Gasteiger partial charge on any atom is -0.478 e. The van der Waals surface area contributed by atoms with Crippen LogP contribution in [0.5, 0.6) is 0 Å². The van der Waals surface area contributed by atoms with Gasteiger partial charge in [0.1, 0.15) is 5.69 Å². The number of aromatic nitrogens is 1. The molecule has 0 bridgehead atoms. The Morgan fingerprint density at radius 1 is 0.711 bits per heavy atom. The lowest BCUT2D eigenvalue weighted by Crippen LogP contribution is -2.28. The zero-order valence-corrected chi connectivity index (χ0v) is 20.3. The third kappa shape index (κ3) is 4.90. The molecule has 0 aliphatic heterocycles. The minimum absolute atomic E-state index is 0.0237. The molecule has 0 amide bonds. The largest absolute Gasteiger partial charge is 0.478 e. The molecular weight excluding hydrogens is 480 g/mol. The van der Waals surface area contributed by atoms with Crippen molar-refractivity contribution in [2.24, 2.45) is 0 Å². The fourth-order valence-corrected chi connectivity index (χ4v) is 4.56. The van der Waals surface area contributed by atoms with Crippen molar-refractivity contribution in [2.45, 2.75) is 13.1 Å². The summed E-state index contributed by atoms with van der Waals surface area (Å²) in [5.74, 6) is -2.29. The van der Waals surface area contributed by atoms with E-state index in [1.165, 1.54) is 16.7 Å². The van der Waals surface area contributed by atoms with Crippen LogP contribution in [0.1, 0.15) is 32.0 Å². The maximum absolute atomic E-state index is 13.7. The van der Waals surface area contributed by atoms with Crippen molar-refractivity contribution in [1.29, 1.82) is 0 Å². The third-order valence-corrected chi connectivity index (χ3v) is 6.42. The fraction of sp³-hybridized carbons (Fsp3) is 0.0645. The Balaban J connectivity index is 1.68. The highest BCUT2D eigenvalue weighted by Gasteiger charge is 2.23. The van der Waals surface area contributed by atoms with Gasteiger partial charge in [-0.15, -0.1) is 0 Å². The Bertz CT molecular complexity index is 1690. The van der Waals surface area contributed by atoms with E-state index in [2.05, 4.69) is 5.32 Å². The summed E-state index contributed by atoms with van der Waals surface area (Å²) in [5, 5.41) is 23.8. The van der Waals surface area contributed by atoms with Crippen LogP contribution >= 0.6 is 0 Å². The molecule has 0 radical (unpaired) electrons. The monoisotopic (exact) mass is 504 g/mol. The number of carbonyl (C=O) groups is 2. The summed E-state index contributed by atoms with van der Waals surface area (Å²) in [5.41, 5.74) is 3.12. The Kier molecular flexibility index (Phi) is 6.74. The van der Waals surface area contributed by atoms with Crippen LogP contribution in [0.15, 0.2) is 108 Å². The Morgan fingerprint density at radius 2 is 1.37 bits per heavy atom. The maximum Gasteiger partial charge on any atom is 0.353 e. The predicted octanol–water partition coefficient (Wildman–Crippen LogP) is 5.73. The summed E-state index contributed by atoms with van der Waals surface area (Å²) >= 11 is 0. The molecule has 0 aliphatic carbocycles. The molecule has 0 spiro atoms. The Morgan fingerprint density at radius 3 is 2.00 bits per heavy atom. The lowest BCUT2D eigenvalue weighted by molar-refractivity contribution is 0.0679. The van der Waals surface area contributed by atoms with Crippen LogP contribution in [0.25, 0.3) is 21.9 Å². The van der Waals surface area contributed by atoms with Crippen LogP contribution in [-0.2, 0) is 13.1 Å². The van der Waals surface area contributed by atoms with Gasteiger partial charge in [0.05, 0.1) is 12.1 Å². The first-order valence-corrected chi connectivity index (χ1v) is 12.0. The van der Waals surface area contributed by atoms with Gasteiger partial charge < -0.3 is 15.5 Å². The predicted molar refractivity (Wildman–Crippen MR) is 147 cm³/mol. The zero-order valence-electron chi connectivity index (χ0n) is 20.3. The highest BCUT2D eigenvalue weighted by atomic mass is 16.4. The molecule has 0 fully saturated rings. The molecule has 3 N–H and O–H groups in total. The van der Waals surface area contributed by atoms with Crippen molar-refractivity contribution in [1.82, 2.24) is 4.57 Å². The van der Waals surface area contributed by atoms with E-state index in [-0.39, 0.29) is 17.8 Å². The molecule has 4 aromatic carbocycles. The summed E-state index contributed by atoms with van der Waals surface area (Å²) in [7, 11) is 0. The molecule has 5 rings (SSSR count). The van der Waals surface area contributed by atoms with Gasteiger partial charge in [-0.05, 0) is 52.4 Å². The van der Waals surface area contributed by atoms with E-state index in [4.69, 9.17) is 0 Å². The smallest absolute Gasteiger partial charge is 0.353 e. The number of carboxylic acid groups (broad SMARTS) is 2. The minimum atomic E-state index is -1.23. The first-order valence-electron chi connectivity index (χ1n) is 12.0. The first kappa shape index (κ1) is 24.5. The quantitative estimate of drug-likeness (QED) is 0.249. The van der Waals surface area contributed by atoms with Gasteiger partial charge in [-0.2, -0.15) is 0 Å². The van der Waals surface area contributed by atoms with Crippen molar-refractivity contribution in [3.8, 4) is 11.1 Å². The SMILES string of the molecule is O=C(O)c1ccc(Cn2c(C(=O)O)c(-c3ccccc3)c3cc(NCc4ccccc4)ccc3c2=O)cc1. The second-order valence-electron chi connectivity index (χ2n) is 8.89. The molecule has 0 unspecified atom stereocenters. The van der Waals surface area contributed by atoms with E-state index in [0.29, 0.717) is 34.0 Å². The van der Waals surface area contributed by atoms with Crippen LogP contribution in [0.4, 0.5) is 5.69 Å². The number of pyridine rings is 1. The van der Waals surface area contributed by atoms with Gasteiger partial charge >= 0.3 is 11.9 Å². The van der Waals surface area contributed by atoms with E-state index in [1.807, 2.05) is 72.8 Å². The maximum atomic E-state index is 13.7. The number of rotatable bonds is 8. The van der Waals surface area contributed by atoms with Gasteiger partial charge in [-0.1, -0.05) is 72.8 Å². The second kappa shape index (κ2) is 10.4. The van der Waals surface area contributed by atoms with Gasteiger partial charge in [0.2, 0.25) is 0 Å². The summed E-state index contributed by atoms with van der Waals surface area (Å²) in [4.78, 5) is 37.6. The summed E-state index contributed by atoms with van der Waals surface area (Å²) in [6, 6.07) is 30.4. The van der Waals surface area contributed by atoms with Gasteiger partial charge in [-0.3, -0.25) is 9.36 Å². The lowest BCUT2D eigenvalue weighted by Gasteiger charge is -2.19. The topological polar surface area (TPSA) is 109 Å². The highest BCUT2D eigenvalue weighted by molar-refractivity contribution is 6.07. The molecule has 0 saturated carbocycles. The third-order valence-electron chi connectivity index (χ3n) is 6.42. The second-order valence-corrected chi connectivity index (χ2v) is 8.89. The Hall–Kier alpha value is -5.17. The van der Waals surface area contributed by atoms with Crippen LogP contribution < -0.4 is 10.9 Å². The van der Waals surface area contributed by atoms with Crippen molar-refractivity contribution in [3.63, 3.8) is 0 Å². The molecule has 5 aromatic rings.